The second-order valence-corrected chi connectivity index (χ2v) is 6.60. The van der Waals surface area contributed by atoms with Gasteiger partial charge in [-0.05, 0) is 37.0 Å². The molecule has 3 fully saturated rings. The van der Waals surface area contributed by atoms with Gasteiger partial charge in [0.25, 0.3) is 0 Å². The van der Waals surface area contributed by atoms with Crippen molar-refractivity contribution < 1.29 is 14.4 Å². The third-order valence-electron chi connectivity index (χ3n) is 5.35. The topological polar surface area (TPSA) is 66.5 Å². The van der Waals surface area contributed by atoms with Crippen LogP contribution in [0.4, 0.5) is 4.79 Å². The smallest absolute Gasteiger partial charge is 0.277 e. The second-order valence-electron chi connectivity index (χ2n) is 6.60. The Morgan fingerprint density at radius 2 is 1.79 bits per heavy atom. The fraction of sp³-hybridized carbons (Fsp3) is 0.786. The molecule has 1 aliphatic heterocycles. The van der Waals surface area contributed by atoms with Gasteiger partial charge in [0.1, 0.15) is 5.41 Å². The summed E-state index contributed by atoms with van der Waals surface area (Å²) in [5.41, 5.74) is -0.848. The molecular formula is C14H20N2O3. The summed E-state index contributed by atoms with van der Waals surface area (Å²) in [4.78, 5) is 37.7. The number of nitrogens with zero attached hydrogens (tertiary/aromatic N) is 1. The summed E-state index contributed by atoms with van der Waals surface area (Å²) in [5.74, 6) is -0.207. The van der Waals surface area contributed by atoms with Crippen molar-refractivity contribution in [2.24, 2.45) is 16.7 Å². The number of barbiturate groups is 1. The van der Waals surface area contributed by atoms with Crippen LogP contribution in [0, 0.1) is 16.7 Å². The van der Waals surface area contributed by atoms with Gasteiger partial charge in [-0.2, -0.15) is 0 Å². The van der Waals surface area contributed by atoms with E-state index in [1.54, 1.807) is 0 Å². The lowest BCUT2D eigenvalue weighted by molar-refractivity contribution is -0.158. The molecule has 0 aromatic carbocycles. The third kappa shape index (κ3) is 1.63. The molecule has 3 rings (SSSR count). The van der Waals surface area contributed by atoms with Crippen LogP contribution in [0.2, 0.25) is 0 Å². The van der Waals surface area contributed by atoms with Crippen molar-refractivity contribution in [1.29, 1.82) is 0 Å². The van der Waals surface area contributed by atoms with Crippen molar-refractivity contribution in [2.45, 2.75) is 46.0 Å². The molecule has 0 bridgehead atoms. The molecule has 2 aliphatic carbocycles. The Labute approximate surface area is 112 Å². The Bertz CT molecular complexity index is 461. The Kier molecular flexibility index (Phi) is 2.53. The minimum absolute atomic E-state index is 0.0817. The van der Waals surface area contributed by atoms with Gasteiger partial charge >= 0.3 is 6.03 Å². The van der Waals surface area contributed by atoms with Crippen molar-refractivity contribution in [2.75, 3.05) is 6.54 Å². The maximum atomic E-state index is 12.5. The molecule has 1 N–H and O–H groups in total. The van der Waals surface area contributed by atoms with Gasteiger partial charge in [0.2, 0.25) is 11.8 Å². The van der Waals surface area contributed by atoms with Gasteiger partial charge in [-0.1, -0.05) is 20.3 Å². The number of nitrogens with one attached hydrogen (secondary N) is 1. The van der Waals surface area contributed by atoms with Crippen LogP contribution >= 0.6 is 0 Å². The quantitative estimate of drug-likeness (QED) is 0.788. The Balaban J connectivity index is 1.83. The number of hydrogen-bond donors (Lipinski definition) is 1. The summed E-state index contributed by atoms with van der Waals surface area (Å²) in [6, 6.07) is -0.528. The molecule has 4 amide bonds. The summed E-state index contributed by atoms with van der Waals surface area (Å²) < 4.78 is 0. The average molecular weight is 264 g/mol. The third-order valence-corrected chi connectivity index (χ3v) is 5.35. The van der Waals surface area contributed by atoms with Gasteiger partial charge in [0.15, 0.2) is 0 Å². The summed E-state index contributed by atoms with van der Waals surface area (Å²) in [6.07, 6.45) is 4.16. The highest BCUT2D eigenvalue weighted by atomic mass is 16.2. The summed E-state index contributed by atoms with van der Waals surface area (Å²) in [6.45, 7) is 4.72. The number of rotatable bonds is 3. The van der Waals surface area contributed by atoms with E-state index >= 15 is 0 Å². The summed E-state index contributed by atoms with van der Waals surface area (Å²) >= 11 is 0. The number of hydrogen-bond acceptors (Lipinski definition) is 3. The van der Waals surface area contributed by atoms with Crippen LogP contribution in [0.5, 0.6) is 0 Å². The Hall–Kier alpha value is -1.39. The van der Waals surface area contributed by atoms with E-state index in [1.165, 1.54) is 4.90 Å². The normalized spacial score (nSPS) is 27.5. The zero-order chi connectivity index (χ0) is 13.8. The molecule has 2 saturated carbocycles. The van der Waals surface area contributed by atoms with Crippen LogP contribution in [-0.2, 0) is 9.59 Å². The number of carbonyl (C=O) groups excluding carboxylic acids is 3. The zero-order valence-electron chi connectivity index (χ0n) is 11.5. The molecule has 3 aliphatic rings. The van der Waals surface area contributed by atoms with Crippen LogP contribution < -0.4 is 5.32 Å². The van der Waals surface area contributed by atoms with Crippen molar-refractivity contribution in [3.05, 3.63) is 0 Å². The molecule has 0 atom stereocenters. The molecule has 0 aromatic heterocycles. The highest BCUT2D eigenvalue weighted by Crippen LogP contribution is 2.53. The minimum Gasteiger partial charge on any atom is -0.277 e. The van der Waals surface area contributed by atoms with Crippen LogP contribution in [-0.4, -0.2) is 29.3 Å². The maximum Gasteiger partial charge on any atom is 0.330 e. The molecule has 1 heterocycles. The van der Waals surface area contributed by atoms with Crippen molar-refractivity contribution in [3.8, 4) is 0 Å². The van der Waals surface area contributed by atoms with Crippen molar-refractivity contribution >= 4 is 17.8 Å². The first kappa shape index (κ1) is 12.6. The maximum absolute atomic E-state index is 12.5. The van der Waals surface area contributed by atoms with Gasteiger partial charge in [-0.25, -0.2) is 4.79 Å². The monoisotopic (exact) mass is 264 g/mol. The summed E-state index contributed by atoms with van der Waals surface area (Å²) in [7, 11) is 0. The van der Waals surface area contributed by atoms with E-state index in [9.17, 15) is 14.4 Å². The van der Waals surface area contributed by atoms with Gasteiger partial charge < -0.3 is 0 Å². The van der Waals surface area contributed by atoms with Crippen LogP contribution in [0.25, 0.3) is 0 Å². The molecule has 104 valence electrons. The number of amides is 4. The predicted molar refractivity (Wildman–Crippen MR) is 68.0 cm³/mol. The first-order chi connectivity index (χ1) is 8.91. The lowest BCUT2D eigenvalue weighted by Gasteiger charge is -2.45. The van der Waals surface area contributed by atoms with E-state index in [-0.39, 0.29) is 17.2 Å². The Morgan fingerprint density at radius 1 is 1.16 bits per heavy atom. The van der Waals surface area contributed by atoms with E-state index in [0.717, 1.165) is 19.3 Å². The molecule has 1 spiro atoms. The van der Waals surface area contributed by atoms with Crippen molar-refractivity contribution in [1.82, 2.24) is 10.2 Å². The minimum atomic E-state index is -0.930. The average Bonchev–Trinajstić information content (AvgIpc) is 3.03. The van der Waals surface area contributed by atoms with Gasteiger partial charge in [-0.3, -0.25) is 19.8 Å². The zero-order valence-corrected chi connectivity index (χ0v) is 11.5. The predicted octanol–water partition coefficient (Wildman–Crippen LogP) is 1.67. The number of imide groups is 2. The highest BCUT2D eigenvalue weighted by molar-refractivity contribution is 6.19. The molecule has 1 saturated heterocycles. The molecule has 5 nitrogen and oxygen atoms in total. The molecule has 0 radical (unpaired) electrons. The van der Waals surface area contributed by atoms with E-state index in [2.05, 4.69) is 19.2 Å². The number of urea groups is 1. The van der Waals surface area contributed by atoms with E-state index < -0.39 is 11.4 Å². The largest absolute Gasteiger partial charge is 0.330 e. The van der Waals surface area contributed by atoms with E-state index in [0.29, 0.717) is 25.3 Å². The molecule has 0 unspecified atom stereocenters. The van der Waals surface area contributed by atoms with Crippen LogP contribution in [0.1, 0.15) is 46.0 Å². The molecule has 5 heteroatoms. The van der Waals surface area contributed by atoms with Gasteiger partial charge in [0.05, 0.1) is 0 Å². The van der Waals surface area contributed by atoms with Crippen LogP contribution in [0.3, 0.4) is 0 Å². The molecule has 19 heavy (non-hydrogen) atoms. The molecular weight excluding hydrogens is 244 g/mol. The lowest BCUT2D eigenvalue weighted by Crippen LogP contribution is -2.66. The van der Waals surface area contributed by atoms with Gasteiger partial charge in [-0.15, -0.1) is 0 Å². The van der Waals surface area contributed by atoms with Crippen LogP contribution in [0.15, 0.2) is 0 Å². The number of carbonyl (C=O) groups is 3. The highest BCUT2D eigenvalue weighted by Gasteiger charge is 2.59. The fourth-order valence-corrected chi connectivity index (χ4v) is 3.24. The second kappa shape index (κ2) is 3.81. The molecule has 0 aromatic rings. The first-order valence-electron chi connectivity index (χ1n) is 7.09. The first-order valence-corrected chi connectivity index (χ1v) is 7.09. The van der Waals surface area contributed by atoms with Crippen molar-refractivity contribution in [3.63, 3.8) is 0 Å². The standard InChI is InChI=1S/C14H20N2O3/c1-9(2)13(6-7-13)8-16-11(18)14(4-3-5-14)10(17)15-12(16)19/h9H,3-8H2,1-2H3,(H,15,17,19). The Morgan fingerprint density at radius 3 is 2.21 bits per heavy atom. The SMILES string of the molecule is CC(C)C1(CN2C(=O)NC(=O)C3(CCC3)C2=O)CC1. The fourth-order valence-electron chi connectivity index (χ4n) is 3.24. The summed E-state index contributed by atoms with van der Waals surface area (Å²) in [5, 5.41) is 2.37. The van der Waals surface area contributed by atoms with E-state index in [1.807, 2.05) is 0 Å². The lowest BCUT2D eigenvalue weighted by atomic mass is 9.66. The van der Waals surface area contributed by atoms with E-state index in [4.69, 9.17) is 0 Å². The van der Waals surface area contributed by atoms with Gasteiger partial charge in [0, 0.05) is 6.54 Å².